The van der Waals surface area contributed by atoms with Gasteiger partial charge in [0.15, 0.2) is 10.8 Å². The van der Waals surface area contributed by atoms with Crippen molar-refractivity contribution < 1.29 is 14.7 Å². The van der Waals surface area contributed by atoms with E-state index in [1.165, 1.54) is 28.3 Å². The number of carbonyl (C=O) groups excluding carboxylic acids is 1. The topological polar surface area (TPSA) is 115 Å². The molecule has 3 rings (SSSR count). The smallest absolute Gasteiger partial charge is 0.356 e. The van der Waals surface area contributed by atoms with E-state index in [4.69, 9.17) is 5.11 Å². The average Bonchev–Trinajstić information content (AvgIpc) is 3.26. The van der Waals surface area contributed by atoms with Gasteiger partial charge in [-0.2, -0.15) is 10.2 Å². The summed E-state index contributed by atoms with van der Waals surface area (Å²) in [5, 5.41) is 21.8. The van der Waals surface area contributed by atoms with Gasteiger partial charge in [-0.1, -0.05) is 0 Å². The third-order valence-corrected chi connectivity index (χ3v) is 3.93. The van der Waals surface area contributed by atoms with Gasteiger partial charge in [-0.15, -0.1) is 11.3 Å². The second-order valence-electron chi connectivity index (χ2n) is 4.87. The van der Waals surface area contributed by atoms with Crippen LogP contribution in [0.4, 0.5) is 5.13 Å². The summed E-state index contributed by atoms with van der Waals surface area (Å²) in [5.41, 5.74) is 1.52. The van der Waals surface area contributed by atoms with Crippen molar-refractivity contribution in [2.45, 2.75) is 20.0 Å². The van der Waals surface area contributed by atoms with E-state index >= 15 is 0 Å². The summed E-state index contributed by atoms with van der Waals surface area (Å²) in [4.78, 5) is 27.1. The van der Waals surface area contributed by atoms with Crippen molar-refractivity contribution in [1.29, 1.82) is 0 Å². The lowest BCUT2D eigenvalue weighted by molar-refractivity contribution is -0.116. The predicted molar refractivity (Wildman–Crippen MR) is 86.8 cm³/mol. The van der Waals surface area contributed by atoms with Crippen molar-refractivity contribution in [2.75, 3.05) is 5.32 Å². The summed E-state index contributed by atoms with van der Waals surface area (Å²) in [7, 11) is 0. The summed E-state index contributed by atoms with van der Waals surface area (Å²) >= 11 is 1.31. The molecule has 3 aromatic heterocycles. The first-order valence-corrected chi connectivity index (χ1v) is 7.98. The quantitative estimate of drug-likeness (QED) is 0.700. The number of amides is 1. The van der Waals surface area contributed by atoms with E-state index in [9.17, 15) is 9.59 Å². The maximum Gasteiger partial charge on any atom is 0.356 e. The SMILES string of the molecule is CCn1cc(-c2csc(NC(=O)Cn3ccc(C(=O)O)n3)n2)cn1. The van der Waals surface area contributed by atoms with Crippen molar-refractivity contribution in [3.05, 3.63) is 35.7 Å². The van der Waals surface area contributed by atoms with E-state index in [2.05, 4.69) is 20.5 Å². The normalized spacial score (nSPS) is 10.7. The zero-order valence-corrected chi connectivity index (χ0v) is 13.5. The van der Waals surface area contributed by atoms with Gasteiger partial charge < -0.3 is 10.4 Å². The van der Waals surface area contributed by atoms with Crippen LogP contribution >= 0.6 is 11.3 Å². The molecule has 0 aliphatic rings. The number of carboxylic acid groups (broad SMARTS) is 1. The van der Waals surface area contributed by atoms with E-state index in [1.807, 2.05) is 18.5 Å². The molecular formula is C14H14N6O3S. The van der Waals surface area contributed by atoms with Crippen molar-refractivity contribution >= 4 is 28.3 Å². The van der Waals surface area contributed by atoms with Crippen molar-refractivity contribution in [3.63, 3.8) is 0 Å². The molecule has 0 atom stereocenters. The standard InChI is InChI=1S/C14H14N6O3S/c1-2-19-6-9(5-15-19)11-8-24-14(16-11)17-12(21)7-20-4-3-10(18-20)13(22)23/h3-6,8H,2,7H2,1H3,(H,22,23)(H,16,17,21). The van der Waals surface area contributed by atoms with Crippen LogP contribution in [0.5, 0.6) is 0 Å². The number of hydrogen-bond acceptors (Lipinski definition) is 6. The molecule has 10 heteroatoms. The summed E-state index contributed by atoms with van der Waals surface area (Å²) in [6.45, 7) is 2.68. The molecule has 2 N–H and O–H groups in total. The maximum absolute atomic E-state index is 12.0. The van der Waals surface area contributed by atoms with Gasteiger partial charge in [-0.05, 0) is 13.0 Å². The van der Waals surface area contributed by atoms with Crippen LogP contribution in [0.25, 0.3) is 11.3 Å². The lowest BCUT2D eigenvalue weighted by atomic mass is 10.3. The first-order valence-electron chi connectivity index (χ1n) is 7.10. The summed E-state index contributed by atoms with van der Waals surface area (Å²) < 4.78 is 3.06. The zero-order chi connectivity index (χ0) is 17.1. The Hall–Kier alpha value is -3.01. The number of carbonyl (C=O) groups is 2. The minimum absolute atomic E-state index is 0.0873. The number of carboxylic acids is 1. The van der Waals surface area contributed by atoms with Crippen LogP contribution in [0.2, 0.25) is 0 Å². The van der Waals surface area contributed by atoms with Crippen LogP contribution in [0.15, 0.2) is 30.0 Å². The van der Waals surface area contributed by atoms with Crippen LogP contribution in [-0.2, 0) is 17.9 Å². The molecule has 0 saturated carbocycles. The number of nitrogens with zero attached hydrogens (tertiary/aromatic N) is 5. The number of hydrogen-bond donors (Lipinski definition) is 2. The number of anilines is 1. The van der Waals surface area contributed by atoms with Crippen LogP contribution in [0, 0.1) is 0 Å². The molecule has 0 unspecified atom stereocenters. The van der Waals surface area contributed by atoms with Crippen LogP contribution in [0.3, 0.4) is 0 Å². The number of aromatic carboxylic acids is 1. The highest BCUT2D eigenvalue weighted by molar-refractivity contribution is 7.14. The lowest BCUT2D eigenvalue weighted by Gasteiger charge is -2.01. The summed E-state index contributed by atoms with van der Waals surface area (Å²) in [5.74, 6) is -1.47. The highest BCUT2D eigenvalue weighted by Crippen LogP contribution is 2.24. The molecule has 1 amide bonds. The number of rotatable bonds is 6. The fraction of sp³-hybridized carbons (Fsp3) is 0.214. The largest absolute Gasteiger partial charge is 0.476 e. The van der Waals surface area contributed by atoms with Gasteiger partial charge in [0.1, 0.15) is 6.54 Å². The van der Waals surface area contributed by atoms with E-state index in [0.717, 1.165) is 17.8 Å². The molecule has 0 fully saturated rings. The van der Waals surface area contributed by atoms with Crippen LogP contribution in [0.1, 0.15) is 17.4 Å². The second-order valence-corrected chi connectivity index (χ2v) is 5.73. The third-order valence-electron chi connectivity index (χ3n) is 3.17. The maximum atomic E-state index is 12.0. The Morgan fingerprint density at radius 1 is 1.38 bits per heavy atom. The first kappa shape index (κ1) is 15.9. The molecule has 9 nitrogen and oxygen atoms in total. The van der Waals surface area contributed by atoms with Crippen molar-refractivity contribution in [3.8, 4) is 11.3 Å². The van der Waals surface area contributed by atoms with Gasteiger partial charge in [0.2, 0.25) is 5.91 Å². The zero-order valence-electron chi connectivity index (χ0n) is 12.7. The van der Waals surface area contributed by atoms with Gasteiger partial charge in [0.05, 0.1) is 11.9 Å². The first-order chi connectivity index (χ1) is 11.5. The molecular weight excluding hydrogens is 332 g/mol. The minimum Gasteiger partial charge on any atom is -0.476 e. The summed E-state index contributed by atoms with van der Waals surface area (Å²) in [6, 6.07) is 1.34. The predicted octanol–water partition coefficient (Wildman–Crippen LogP) is 1.56. The molecule has 0 radical (unpaired) electrons. The van der Waals surface area contributed by atoms with E-state index in [0.29, 0.717) is 5.13 Å². The Bertz CT molecular complexity index is 881. The van der Waals surface area contributed by atoms with Crippen LogP contribution in [-0.4, -0.2) is 41.5 Å². The molecule has 0 saturated heterocycles. The number of aryl methyl sites for hydroxylation is 1. The molecule has 3 heterocycles. The molecule has 0 aromatic carbocycles. The Kier molecular flexibility index (Phi) is 4.38. The molecule has 3 aromatic rings. The van der Waals surface area contributed by atoms with Crippen LogP contribution < -0.4 is 5.32 Å². The Morgan fingerprint density at radius 2 is 2.21 bits per heavy atom. The fourth-order valence-corrected chi connectivity index (χ4v) is 2.74. The molecule has 0 aliphatic heterocycles. The number of aromatic nitrogens is 5. The molecule has 24 heavy (non-hydrogen) atoms. The average molecular weight is 346 g/mol. The highest BCUT2D eigenvalue weighted by Gasteiger charge is 2.12. The van der Waals surface area contributed by atoms with Gasteiger partial charge in [0, 0.05) is 29.9 Å². The Balaban J connectivity index is 1.63. The monoisotopic (exact) mass is 346 g/mol. The fourth-order valence-electron chi connectivity index (χ4n) is 2.00. The summed E-state index contributed by atoms with van der Waals surface area (Å²) in [6.07, 6.45) is 5.05. The van der Waals surface area contributed by atoms with E-state index < -0.39 is 5.97 Å². The molecule has 0 bridgehead atoms. The van der Waals surface area contributed by atoms with E-state index in [-0.39, 0.29) is 18.1 Å². The number of nitrogens with one attached hydrogen (secondary N) is 1. The molecule has 124 valence electrons. The lowest BCUT2D eigenvalue weighted by Crippen LogP contribution is -2.19. The third kappa shape index (κ3) is 3.49. The van der Waals surface area contributed by atoms with Gasteiger partial charge in [0.25, 0.3) is 0 Å². The van der Waals surface area contributed by atoms with Gasteiger partial charge in [-0.25, -0.2) is 9.78 Å². The Labute approximate surface area is 140 Å². The van der Waals surface area contributed by atoms with Gasteiger partial charge >= 0.3 is 5.97 Å². The van der Waals surface area contributed by atoms with E-state index in [1.54, 1.807) is 10.9 Å². The molecule has 0 aliphatic carbocycles. The van der Waals surface area contributed by atoms with Crippen molar-refractivity contribution in [1.82, 2.24) is 24.5 Å². The molecule has 0 spiro atoms. The van der Waals surface area contributed by atoms with Crippen molar-refractivity contribution in [2.24, 2.45) is 0 Å². The minimum atomic E-state index is -1.13. The Morgan fingerprint density at radius 3 is 2.88 bits per heavy atom. The van der Waals surface area contributed by atoms with Gasteiger partial charge in [-0.3, -0.25) is 14.2 Å². The second kappa shape index (κ2) is 6.62. The highest BCUT2D eigenvalue weighted by atomic mass is 32.1. The number of thiazole rings is 1.